The summed E-state index contributed by atoms with van der Waals surface area (Å²) in [6.45, 7) is 7.97. The van der Waals surface area contributed by atoms with E-state index in [1.165, 1.54) is 17.7 Å². The van der Waals surface area contributed by atoms with E-state index in [9.17, 15) is 0 Å². The van der Waals surface area contributed by atoms with Gasteiger partial charge in [0.2, 0.25) is 0 Å². The summed E-state index contributed by atoms with van der Waals surface area (Å²) in [4.78, 5) is 0. The lowest BCUT2D eigenvalue weighted by molar-refractivity contribution is 0.256. The van der Waals surface area contributed by atoms with E-state index in [4.69, 9.17) is 0 Å². The molecule has 0 saturated carbocycles. The number of fused-ring (bicyclic) bond motifs is 3. The van der Waals surface area contributed by atoms with Crippen molar-refractivity contribution >= 4 is 5.69 Å². The highest BCUT2D eigenvalue weighted by molar-refractivity contribution is 5.63. The summed E-state index contributed by atoms with van der Waals surface area (Å²) >= 11 is 0. The van der Waals surface area contributed by atoms with Crippen LogP contribution in [0.1, 0.15) is 37.3 Å². The topological polar surface area (TPSA) is 24.1 Å². The lowest BCUT2D eigenvalue weighted by Gasteiger charge is -2.41. The van der Waals surface area contributed by atoms with Gasteiger partial charge in [-0.15, -0.1) is 0 Å². The molecule has 1 aromatic carbocycles. The second-order valence-corrected chi connectivity index (χ2v) is 5.70. The van der Waals surface area contributed by atoms with E-state index < -0.39 is 0 Å². The number of hydrogen-bond donors (Lipinski definition) is 2. The van der Waals surface area contributed by atoms with Crippen molar-refractivity contribution in [3.05, 3.63) is 29.3 Å². The van der Waals surface area contributed by atoms with Crippen LogP contribution >= 0.6 is 0 Å². The highest BCUT2D eigenvalue weighted by Crippen LogP contribution is 2.45. The van der Waals surface area contributed by atoms with E-state index in [2.05, 4.69) is 49.6 Å². The first-order valence-electron chi connectivity index (χ1n) is 6.21. The molecule has 0 aromatic heterocycles. The predicted octanol–water partition coefficient (Wildman–Crippen LogP) is 2.64. The molecule has 86 valence electrons. The molecule has 2 heteroatoms. The molecule has 2 heterocycles. The second-order valence-electron chi connectivity index (χ2n) is 5.70. The van der Waals surface area contributed by atoms with Gasteiger partial charge in [0.1, 0.15) is 0 Å². The van der Waals surface area contributed by atoms with Gasteiger partial charge in [0.15, 0.2) is 0 Å². The second kappa shape index (κ2) is 3.24. The maximum Gasteiger partial charge on any atom is 0.0507 e. The number of piperidine rings is 1. The van der Waals surface area contributed by atoms with E-state index >= 15 is 0 Å². The van der Waals surface area contributed by atoms with Crippen molar-refractivity contribution in [2.45, 2.75) is 44.7 Å². The van der Waals surface area contributed by atoms with Crippen LogP contribution in [-0.4, -0.2) is 18.1 Å². The lowest BCUT2D eigenvalue weighted by Crippen LogP contribution is -2.57. The molecule has 1 fully saturated rings. The molecule has 0 spiro atoms. The Morgan fingerprint density at radius 1 is 1.31 bits per heavy atom. The van der Waals surface area contributed by atoms with Crippen molar-refractivity contribution in [1.82, 2.24) is 5.32 Å². The third kappa shape index (κ3) is 1.29. The first kappa shape index (κ1) is 10.2. The highest BCUT2D eigenvalue weighted by atomic mass is 15.1. The van der Waals surface area contributed by atoms with Gasteiger partial charge in [0, 0.05) is 17.1 Å². The van der Waals surface area contributed by atoms with Crippen LogP contribution in [-0.2, 0) is 0 Å². The average Bonchev–Trinajstić information content (AvgIpc) is 2.59. The fraction of sp³-hybridized carbons (Fsp3) is 0.571. The smallest absolute Gasteiger partial charge is 0.0507 e. The summed E-state index contributed by atoms with van der Waals surface area (Å²) in [6, 6.07) is 7.14. The molecule has 0 radical (unpaired) electrons. The molecular formula is C14H20N2. The molecule has 2 aliphatic rings. The Labute approximate surface area is 97.4 Å². The first-order valence-corrected chi connectivity index (χ1v) is 6.21. The van der Waals surface area contributed by atoms with E-state index in [1.54, 1.807) is 5.56 Å². The van der Waals surface area contributed by atoms with Crippen LogP contribution in [0, 0.1) is 6.92 Å². The molecule has 2 unspecified atom stereocenters. The molecule has 0 bridgehead atoms. The van der Waals surface area contributed by atoms with Gasteiger partial charge < -0.3 is 10.6 Å². The van der Waals surface area contributed by atoms with E-state index in [1.807, 2.05) is 0 Å². The Balaban J connectivity index is 2.07. The van der Waals surface area contributed by atoms with Gasteiger partial charge in [-0.3, -0.25) is 0 Å². The number of anilines is 1. The molecular weight excluding hydrogens is 196 g/mol. The molecule has 3 rings (SSSR count). The van der Waals surface area contributed by atoms with Crippen LogP contribution in [0.25, 0.3) is 0 Å². The van der Waals surface area contributed by atoms with Crippen molar-refractivity contribution in [2.24, 2.45) is 0 Å². The lowest BCUT2D eigenvalue weighted by atomic mass is 9.77. The molecule has 2 N–H and O–H groups in total. The first-order chi connectivity index (χ1) is 7.59. The van der Waals surface area contributed by atoms with Gasteiger partial charge in [0.25, 0.3) is 0 Å². The van der Waals surface area contributed by atoms with E-state index in [-0.39, 0.29) is 5.54 Å². The number of benzene rings is 1. The zero-order valence-electron chi connectivity index (χ0n) is 10.3. The molecule has 0 amide bonds. The predicted molar refractivity (Wildman–Crippen MR) is 68.0 cm³/mol. The minimum absolute atomic E-state index is 0.189. The van der Waals surface area contributed by atoms with Crippen molar-refractivity contribution in [3.63, 3.8) is 0 Å². The minimum atomic E-state index is 0.189. The Kier molecular flexibility index (Phi) is 2.05. The SMILES string of the molecule is Cc1cccc2c1C1CCNC(C)(C)C1N2. The summed E-state index contributed by atoms with van der Waals surface area (Å²) in [5, 5.41) is 7.33. The number of nitrogens with one attached hydrogen (secondary N) is 2. The summed E-state index contributed by atoms with van der Waals surface area (Å²) in [5.74, 6) is 0.687. The van der Waals surface area contributed by atoms with Gasteiger partial charge in [-0.2, -0.15) is 0 Å². The standard InChI is InChI=1S/C14H20N2/c1-9-5-4-6-11-12(9)10-7-8-15-14(2,3)13(10)16-11/h4-6,10,13,15-16H,7-8H2,1-3H3. The molecule has 1 aromatic rings. The van der Waals surface area contributed by atoms with Crippen LogP contribution < -0.4 is 10.6 Å². The van der Waals surface area contributed by atoms with Crippen molar-refractivity contribution < 1.29 is 0 Å². The Hall–Kier alpha value is -1.02. The minimum Gasteiger partial charge on any atom is -0.380 e. The number of hydrogen-bond acceptors (Lipinski definition) is 2. The summed E-state index contributed by atoms with van der Waals surface area (Å²) in [6.07, 6.45) is 1.25. The normalized spacial score (nSPS) is 30.4. The van der Waals surface area contributed by atoms with Gasteiger partial charge >= 0.3 is 0 Å². The molecule has 16 heavy (non-hydrogen) atoms. The monoisotopic (exact) mass is 216 g/mol. The Morgan fingerprint density at radius 2 is 2.12 bits per heavy atom. The quantitative estimate of drug-likeness (QED) is 0.696. The van der Waals surface area contributed by atoms with Crippen molar-refractivity contribution in [3.8, 4) is 0 Å². The summed E-state index contributed by atoms with van der Waals surface area (Å²) in [5.41, 5.74) is 4.54. The zero-order chi connectivity index (χ0) is 11.3. The van der Waals surface area contributed by atoms with Crippen LogP contribution in [0.3, 0.4) is 0 Å². The maximum atomic E-state index is 3.70. The van der Waals surface area contributed by atoms with Crippen LogP contribution in [0.15, 0.2) is 18.2 Å². The van der Waals surface area contributed by atoms with Gasteiger partial charge in [-0.1, -0.05) is 12.1 Å². The van der Waals surface area contributed by atoms with Gasteiger partial charge in [-0.25, -0.2) is 0 Å². The third-order valence-corrected chi connectivity index (χ3v) is 4.22. The maximum absolute atomic E-state index is 3.70. The number of rotatable bonds is 0. The van der Waals surface area contributed by atoms with Crippen molar-refractivity contribution in [1.29, 1.82) is 0 Å². The van der Waals surface area contributed by atoms with Gasteiger partial charge in [0.05, 0.1) is 6.04 Å². The Bertz CT molecular complexity index is 423. The van der Waals surface area contributed by atoms with E-state index in [0.29, 0.717) is 12.0 Å². The molecule has 2 aliphatic heterocycles. The fourth-order valence-corrected chi connectivity index (χ4v) is 3.39. The third-order valence-electron chi connectivity index (χ3n) is 4.22. The number of aryl methyl sites for hydroxylation is 1. The largest absolute Gasteiger partial charge is 0.380 e. The molecule has 1 saturated heterocycles. The summed E-state index contributed by atoms with van der Waals surface area (Å²) in [7, 11) is 0. The molecule has 2 nitrogen and oxygen atoms in total. The molecule has 0 aliphatic carbocycles. The average molecular weight is 216 g/mol. The highest BCUT2D eigenvalue weighted by Gasteiger charge is 2.44. The van der Waals surface area contributed by atoms with Crippen LogP contribution in [0.4, 0.5) is 5.69 Å². The van der Waals surface area contributed by atoms with E-state index in [0.717, 1.165) is 6.54 Å². The van der Waals surface area contributed by atoms with Crippen LogP contribution in [0.5, 0.6) is 0 Å². The fourth-order valence-electron chi connectivity index (χ4n) is 3.39. The zero-order valence-corrected chi connectivity index (χ0v) is 10.3. The van der Waals surface area contributed by atoms with Gasteiger partial charge in [-0.05, 0) is 50.9 Å². The van der Waals surface area contributed by atoms with Crippen molar-refractivity contribution in [2.75, 3.05) is 11.9 Å². The summed E-state index contributed by atoms with van der Waals surface area (Å²) < 4.78 is 0. The molecule has 2 atom stereocenters. The Morgan fingerprint density at radius 3 is 2.94 bits per heavy atom. The van der Waals surface area contributed by atoms with Crippen LogP contribution in [0.2, 0.25) is 0 Å².